The summed E-state index contributed by atoms with van der Waals surface area (Å²) in [6.07, 6.45) is 4.92. The van der Waals surface area contributed by atoms with Crippen molar-refractivity contribution in [3.05, 3.63) is 29.8 Å². The number of aliphatic hydroxyl groups excluding tert-OH is 1. The lowest BCUT2D eigenvalue weighted by molar-refractivity contribution is 0.177. The Morgan fingerprint density at radius 1 is 1.64 bits per heavy atom. The number of H-pyrrole nitrogens is 1. The minimum atomic E-state index is -0.578. The van der Waals surface area contributed by atoms with E-state index in [0.717, 1.165) is 11.3 Å². The standard InChI is InChI=1S/C8H11N5O/c1-13-5-7(11-12-13)2-8(14)6-3-9-10-4-6/h3-5,8,14H,2H2,1H3,(H,9,10). The molecule has 0 aliphatic carbocycles. The van der Waals surface area contributed by atoms with Gasteiger partial charge >= 0.3 is 0 Å². The van der Waals surface area contributed by atoms with E-state index in [4.69, 9.17) is 0 Å². The Labute approximate surface area is 80.6 Å². The molecule has 2 aromatic rings. The molecule has 6 nitrogen and oxygen atoms in total. The molecule has 6 heteroatoms. The van der Waals surface area contributed by atoms with Crippen molar-refractivity contribution in [3.8, 4) is 0 Å². The van der Waals surface area contributed by atoms with E-state index in [1.807, 2.05) is 0 Å². The fourth-order valence-corrected chi connectivity index (χ4v) is 1.25. The van der Waals surface area contributed by atoms with Gasteiger partial charge in [0.05, 0.1) is 18.0 Å². The molecule has 2 rings (SSSR count). The summed E-state index contributed by atoms with van der Waals surface area (Å²) in [5.74, 6) is 0. The van der Waals surface area contributed by atoms with Crippen molar-refractivity contribution in [2.24, 2.45) is 7.05 Å². The van der Waals surface area contributed by atoms with Crippen LogP contribution in [0.5, 0.6) is 0 Å². The molecular weight excluding hydrogens is 182 g/mol. The Hall–Kier alpha value is -1.69. The van der Waals surface area contributed by atoms with Crippen LogP contribution in [0.1, 0.15) is 17.4 Å². The molecule has 0 saturated carbocycles. The lowest BCUT2D eigenvalue weighted by atomic mass is 10.1. The number of hydrogen-bond donors (Lipinski definition) is 2. The van der Waals surface area contributed by atoms with Gasteiger partial charge in [-0.3, -0.25) is 9.78 Å². The van der Waals surface area contributed by atoms with E-state index in [0.29, 0.717) is 6.42 Å². The lowest BCUT2D eigenvalue weighted by Crippen LogP contribution is -2.00. The molecule has 2 heterocycles. The molecule has 1 atom stereocenters. The molecule has 74 valence electrons. The van der Waals surface area contributed by atoms with E-state index >= 15 is 0 Å². The highest BCUT2D eigenvalue weighted by Gasteiger charge is 2.11. The molecule has 0 aliphatic heterocycles. The molecule has 14 heavy (non-hydrogen) atoms. The van der Waals surface area contributed by atoms with Gasteiger partial charge in [0.1, 0.15) is 0 Å². The molecule has 0 amide bonds. The molecule has 2 aromatic heterocycles. The maximum Gasteiger partial charge on any atom is 0.0877 e. The molecule has 0 aliphatic rings. The van der Waals surface area contributed by atoms with Gasteiger partial charge < -0.3 is 5.11 Å². The number of nitrogens with one attached hydrogen (secondary N) is 1. The summed E-state index contributed by atoms with van der Waals surface area (Å²) in [5, 5.41) is 23.8. The minimum absolute atomic E-state index is 0.452. The summed E-state index contributed by atoms with van der Waals surface area (Å²) >= 11 is 0. The molecule has 2 N–H and O–H groups in total. The number of aromatic amines is 1. The first-order valence-corrected chi connectivity index (χ1v) is 4.27. The van der Waals surface area contributed by atoms with Crippen molar-refractivity contribution in [1.82, 2.24) is 25.2 Å². The van der Waals surface area contributed by atoms with Crippen LogP contribution in [0, 0.1) is 0 Å². The molecule has 0 spiro atoms. The van der Waals surface area contributed by atoms with E-state index in [-0.39, 0.29) is 0 Å². The monoisotopic (exact) mass is 193 g/mol. The van der Waals surface area contributed by atoms with Crippen molar-refractivity contribution < 1.29 is 5.11 Å². The van der Waals surface area contributed by atoms with Crippen molar-refractivity contribution >= 4 is 0 Å². The summed E-state index contributed by atoms with van der Waals surface area (Å²) in [6, 6.07) is 0. The number of hydrogen-bond acceptors (Lipinski definition) is 4. The van der Waals surface area contributed by atoms with Gasteiger partial charge in [0.25, 0.3) is 0 Å². The summed E-state index contributed by atoms with van der Waals surface area (Å²) in [5.41, 5.74) is 1.52. The number of rotatable bonds is 3. The van der Waals surface area contributed by atoms with Gasteiger partial charge in [-0.1, -0.05) is 5.21 Å². The molecule has 0 aromatic carbocycles. The Kier molecular flexibility index (Phi) is 2.28. The maximum absolute atomic E-state index is 9.74. The van der Waals surface area contributed by atoms with Gasteiger partial charge in [-0.2, -0.15) is 5.10 Å². The first-order valence-electron chi connectivity index (χ1n) is 4.27. The quantitative estimate of drug-likeness (QED) is 0.708. The van der Waals surface area contributed by atoms with Crippen LogP contribution in [0.4, 0.5) is 0 Å². The summed E-state index contributed by atoms with van der Waals surface area (Å²) in [6.45, 7) is 0. The normalized spacial score (nSPS) is 13.0. The molecule has 0 bridgehead atoms. The Morgan fingerprint density at radius 2 is 2.50 bits per heavy atom. The topological polar surface area (TPSA) is 79.6 Å². The van der Waals surface area contributed by atoms with Crippen molar-refractivity contribution in [1.29, 1.82) is 0 Å². The van der Waals surface area contributed by atoms with Crippen LogP contribution in [0.2, 0.25) is 0 Å². The molecule has 0 radical (unpaired) electrons. The third-order valence-corrected chi connectivity index (χ3v) is 1.96. The Balaban J connectivity index is 2.05. The van der Waals surface area contributed by atoms with E-state index in [1.54, 1.807) is 30.3 Å². The van der Waals surface area contributed by atoms with Gasteiger partial charge in [0.15, 0.2) is 0 Å². The first kappa shape index (κ1) is 8.89. The van der Waals surface area contributed by atoms with E-state index in [1.165, 1.54) is 0 Å². The van der Waals surface area contributed by atoms with Crippen LogP contribution < -0.4 is 0 Å². The molecule has 1 unspecified atom stereocenters. The van der Waals surface area contributed by atoms with Crippen LogP contribution in [-0.4, -0.2) is 30.3 Å². The smallest absolute Gasteiger partial charge is 0.0877 e. The second-order valence-corrected chi connectivity index (χ2v) is 3.14. The average molecular weight is 193 g/mol. The summed E-state index contributed by atoms with van der Waals surface area (Å²) in [7, 11) is 1.79. The van der Waals surface area contributed by atoms with Crippen LogP contribution in [0.3, 0.4) is 0 Å². The zero-order chi connectivity index (χ0) is 9.97. The van der Waals surface area contributed by atoms with Crippen LogP contribution in [0.25, 0.3) is 0 Å². The van der Waals surface area contributed by atoms with Gasteiger partial charge in [-0.15, -0.1) is 5.10 Å². The van der Waals surface area contributed by atoms with Gasteiger partial charge in [-0.25, -0.2) is 0 Å². The van der Waals surface area contributed by atoms with E-state index in [2.05, 4.69) is 20.5 Å². The predicted molar refractivity (Wildman–Crippen MR) is 48.3 cm³/mol. The third kappa shape index (κ3) is 1.80. The average Bonchev–Trinajstić information content (AvgIpc) is 2.75. The number of nitrogens with zero attached hydrogens (tertiary/aromatic N) is 4. The number of aromatic nitrogens is 5. The zero-order valence-electron chi connectivity index (χ0n) is 7.75. The van der Waals surface area contributed by atoms with Crippen LogP contribution in [-0.2, 0) is 13.5 Å². The Bertz CT molecular complexity index is 394. The van der Waals surface area contributed by atoms with Gasteiger partial charge in [0.2, 0.25) is 0 Å². The second kappa shape index (κ2) is 3.59. The van der Waals surface area contributed by atoms with Gasteiger partial charge in [0, 0.05) is 31.4 Å². The zero-order valence-corrected chi connectivity index (χ0v) is 7.75. The SMILES string of the molecule is Cn1cc(CC(O)c2cn[nH]c2)nn1. The minimum Gasteiger partial charge on any atom is -0.388 e. The Morgan fingerprint density at radius 3 is 3.07 bits per heavy atom. The largest absolute Gasteiger partial charge is 0.388 e. The highest BCUT2D eigenvalue weighted by molar-refractivity contribution is 5.10. The summed E-state index contributed by atoms with van der Waals surface area (Å²) in [4.78, 5) is 0. The maximum atomic E-state index is 9.74. The van der Waals surface area contributed by atoms with E-state index in [9.17, 15) is 5.11 Å². The summed E-state index contributed by atoms with van der Waals surface area (Å²) < 4.78 is 1.61. The van der Waals surface area contributed by atoms with Crippen LogP contribution >= 0.6 is 0 Å². The lowest BCUT2D eigenvalue weighted by Gasteiger charge is -2.04. The molecular formula is C8H11N5O. The molecule has 0 fully saturated rings. The predicted octanol–water partition coefficient (Wildman–Crippen LogP) is -0.186. The van der Waals surface area contributed by atoms with Crippen molar-refractivity contribution in [2.45, 2.75) is 12.5 Å². The highest BCUT2D eigenvalue weighted by Crippen LogP contribution is 2.14. The fraction of sp³-hybridized carbons (Fsp3) is 0.375. The van der Waals surface area contributed by atoms with Crippen molar-refractivity contribution in [3.63, 3.8) is 0 Å². The molecule has 0 saturated heterocycles. The van der Waals surface area contributed by atoms with Gasteiger partial charge in [-0.05, 0) is 0 Å². The first-order chi connectivity index (χ1) is 6.75. The van der Waals surface area contributed by atoms with Crippen molar-refractivity contribution in [2.75, 3.05) is 0 Å². The number of aliphatic hydroxyl groups is 1. The third-order valence-electron chi connectivity index (χ3n) is 1.96. The van der Waals surface area contributed by atoms with E-state index < -0.39 is 6.10 Å². The highest BCUT2D eigenvalue weighted by atomic mass is 16.3. The second-order valence-electron chi connectivity index (χ2n) is 3.14. The van der Waals surface area contributed by atoms with Crippen LogP contribution in [0.15, 0.2) is 18.6 Å². The number of aryl methyl sites for hydroxylation is 1. The fourth-order valence-electron chi connectivity index (χ4n) is 1.25.